The maximum atomic E-state index is 10.9. The van der Waals surface area contributed by atoms with Gasteiger partial charge in [-0.2, -0.15) is 0 Å². The van der Waals surface area contributed by atoms with Gasteiger partial charge in [-0.15, -0.1) is 0 Å². The molecule has 0 aromatic heterocycles. The summed E-state index contributed by atoms with van der Waals surface area (Å²) in [5.41, 5.74) is 8.34. The molecule has 0 aliphatic carbocycles. The Bertz CT molecular complexity index is 735. The van der Waals surface area contributed by atoms with E-state index in [1.807, 2.05) is 18.2 Å². The van der Waals surface area contributed by atoms with Crippen LogP contribution in [0.4, 0.5) is 0 Å². The number of hydrogen-bond donors (Lipinski definition) is 2. The topological polar surface area (TPSA) is 82.8 Å². The summed E-state index contributed by atoms with van der Waals surface area (Å²) in [7, 11) is 3.20. The average molecular weight is 379 g/mol. The zero-order chi connectivity index (χ0) is 18.9. The minimum absolute atomic E-state index is 0.257. The summed E-state index contributed by atoms with van der Waals surface area (Å²) >= 11 is 6.24. The number of amides is 1. The van der Waals surface area contributed by atoms with Crippen molar-refractivity contribution in [3.8, 4) is 11.5 Å². The second-order valence-corrected chi connectivity index (χ2v) is 6.12. The third-order valence-electron chi connectivity index (χ3n) is 3.64. The predicted octanol–water partition coefficient (Wildman–Crippen LogP) is 2.65. The lowest BCUT2D eigenvalue weighted by Gasteiger charge is -2.14. The Kier molecular flexibility index (Phi) is 7.72. The highest BCUT2D eigenvalue weighted by molar-refractivity contribution is 6.32. The van der Waals surface area contributed by atoms with Gasteiger partial charge >= 0.3 is 0 Å². The predicted molar refractivity (Wildman–Crippen MR) is 100 cm³/mol. The number of rotatable bonds is 10. The number of hydrogen-bond acceptors (Lipinski definition) is 5. The third kappa shape index (κ3) is 5.91. The Labute approximate surface area is 158 Å². The van der Waals surface area contributed by atoms with Crippen molar-refractivity contribution in [1.29, 1.82) is 0 Å². The Morgan fingerprint density at radius 2 is 1.73 bits per heavy atom. The van der Waals surface area contributed by atoms with Gasteiger partial charge in [0.15, 0.2) is 18.1 Å². The lowest BCUT2D eigenvalue weighted by Crippen LogP contribution is -2.20. The number of primary amides is 1. The molecule has 140 valence electrons. The maximum Gasteiger partial charge on any atom is 0.255 e. The highest BCUT2D eigenvalue weighted by atomic mass is 35.5. The van der Waals surface area contributed by atoms with Gasteiger partial charge in [0.2, 0.25) is 0 Å². The van der Waals surface area contributed by atoms with Gasteiger partial charge in [-0.3, -0.25) is 4.79 Å². The molecule has 1 amide bonds. The molecule has 0 saturated heterocycles. The Morgan fingerprint density at radius 3 is 2.35 bits per heavy atom. The van der Waals surface area contributed by atoms with Crippen LogP contribution in [0.2, 0.25) is 5.02 Å². The fourth-order valence-electron chi connectivity index (χ4n) is 2.43. The summed E-state index contributed by atoms with van der Waals surface area (Å²) in [6, 6.07) is 11.8. The highest BCUT2D eigenvalue weighted by Crippen LogP contribution is 2.36. The van der Waals surface area contributed by atoms with Gasteiger partial charge in [0.05, 0.1) is 18.7 Å². The van der Waals surface area contributed by atoms with E-state index in [9.17, 15) is 4.79 Å². The van der Waals surface area contributed by atoms with Crippen LogP contribution in [0.15, 0.2) is 36.4 Å². The van der Waals surface area contributed by atoms with Crippen molar-refractivity contribution in [1.82, 2.24) is 5.32 Å². The van der Waals surface area contributed by atoms with Crippen LogP contribution in [0.3, 0.4) is 0 Å². The van der Waals surface area contributed by atoms with E-state index in [2.05, 4.69) is 17.4 Å². The van der Waals surface area contributed by atoms with Crippen LogP contribution in [0.25, 0.3) is 0 Å². The standard InChI is InChI=1S/C19H23ClN2O4/c1-24-11-14-5-3-13(4-6-14)9-22-10-15-7-16(20)19(17(8-15)25-2)26-12-18(21)23/h3-8,22H,9-12H2,1-2H3,(H2,21,23). The first kappa shape index (κ1) is 20.0. The minimum atomic E-state index is -0.578. The van der Waals surface area contributed by atoms with Gasteiger partial charge in [-0.25, -0.2) is 0 Å². The Hall–Kier alpha value is -2.28. The second kappa shape index (κ2) is 10.0. The molecule has 2 rings (SSSR count). The average Bonchev–Trinajstić information content (AvgIpc) is 2.62. The number of nitrogens with one attached hydrogen (secondary N) is 1. The Balaban J connectivity index is 1.96. The van der Waals surface area contributed by atoms with Crippen molar-refractivity contribution in [2.45, 2.75) is 19.7 Å². The Morgan fingerprint density at radius 1 is 1.08 bits per heavy atom. The molecule has 0 aliphatic heterocycles. The summed E-state index contributed by atoms with van der Waals surface area (Å²) in [5, 5.41) is 3.72. The molecule has 0 atom stereocenters. The summed E-state index contributed by atoms with van der Waals surface area (Å²) in [5.74, 6) is 0.190. The van der Waals surface area contributed by atoms with Gasteiger partial charge in [0.1, 0.15) is 0 Å². The van der Waals surface area contributed by atoms with Crippen LogP contribution in [-0.4, -0.2) is 26.7 Å². The van der Waals surface area contributed by atoms with Crippen LogP contribution in [-0.2, 0) is 29.2 Å². The molecule has 0 bridgehead atoms. The molecule has 26 heavy (non-hydrogen) atoms. The summed E-state index contributed by atoms with van der Waals surface area (Å²) in [6.07, 6.45) is 0. The molecule has 0 spiro atoms. The molecule has 6 nitrogen and oxygen atoms in total. The number of methoxy groups -OCH3 is 2. The van der Waals surface area contributed by atoms with E-state index in [1.165, 1.54) is 12.7 Å². The van der Waals surface area contributed by atoms with Crippen molar-refractivity contribution >= 4 is 17.5 Å². The molecule has 2 aromatic carbocycles. The van der Waals surface area contributed by atoms with E-state index < -0.39 is 5.91 Å². The lowest BCUT2D eigenvalue weighted by atomic mass is 10.1. The zero-order valence-corrected chi connectivity index (χ0v) is 15.6. The van der Waals surface area contributed by atoms with Crippen molar-refractivity contribution in [2.75, 3.05) is 20.8 Å². The van der Waals surface area contributed by atoms with E-state index in [4.69, 9.17) is 31.5 Å². The molecule has 0 radical (unpaired) electrons. The van der Waals surface area contributed by atoms with E-state index in [0.717, 1.165) is 11.1 Å². The van der Waals surface area contributed by atoms with Crippen LogP contribution < -0.4 is 20.5 Å². The molecule has 0 heterocycles. The van der Waals surface area contributed by atoms with E-state index in [-0.39, 0.29) is 6.61 Å². The number of carbonyl (C=O) groups is 1. The van der Waals surface area contributed by atoms with Crippen LogP contribution in [0.1, 0.15) is 16.7 Å². The second-order valence-electron chi connectivity index (χ2n) is 5.72. The largest absolute Gasteiger partial charge is 0.493 e. The van der Waals surface area contributed by atoms with Gasteiger partial charge in [0.25, 0.3) is 5.91 Å². The molecule has 2 aromatic rings. The number of halogens is 1. The van der Waals surface area contributed by atoms with E-state index in [0.29, 0.717) is 36.2 Å². The van der Waals surface area contributed by atoms with Crippen LogP contribution in [0, 0.1) is 0 Å². The van der Waals surface area contributed by atoms with E-state index in [1.54, 1.807) is 13.2 Å². The summed E-state index contributed by atoms with van der Waals surface area (Å²) in [6.45, 7) is 1.67. The van der Waals surface area contributed by atoms with E-state index >= 15 is 0 Å². The van der Waals surface area contributed by atoms with Crippen molar-refractivity contribution in [3.05, 3.63) is 58.1 Å². The van der Waals surface area contributed by atoms with Gasteiger partial charge in [-0.05, 0) is 28.8 Å². The first-order valence-electron chi connectivity index (χ1n) is 8.08. The number of benzene rings is 2. The fraction of sp³-hybridized carbons (Fsp3) is 0.316. The lowest BCUT2D eigenvalue weighted by molar-refractivity contribution is -0.119. The summed E-state index contributed by atoms with van der Waals surface area (Å²) < 4.78 is 15.7. The number of ether oxygens (including phenoxy) is 3. The first-order valence-corrected chi connectivity index (χ1v) is 8.46. The van der Waals surface area contributed by atoms with Gasteiger partial charge < -0.3 is 25.3 Å². The molecular formula is C19H23ClN2O4. The molecule has 0 unspecified atom stereocenters. The molecule has 0 fully saturated rings. The molecule has 0 aliphatic rings. The molecule has 0 saturated carbocycles. The van der Waals surface area contributed by atoms with Crippen molar-refractivity contribution in [2.24, 2.45) is 5.73 Å². The summed E-state index contributed by atoms with van der Waals surface area (Å²) in [4.78, 5) is 10.9. The third-order valence-corrected chi connectivity index (χ3v) is 3.92. The minimum Gasteiger partial charge on any atom is -0.493 e. The van der Waals surface area contributed by atoms with Gasteiger partial charge in [-0.1, -0.05) is 35.9 Å². The van der Waals surface area contributed by atoms with Crippen molar-refractivity contribution < 1.29 is 19.0 Å². The monoisotopic (exact) mass is 378 g/mol. The fourth-order valence-corrected chi connectivity index (χ4v) is 2.72. The van der Waals surface area contributed by atoms with Crippen LogP contribution in [0.5, 0.6) is 11.5 Å². The molecular weight excluding hydrogens is 356 g/mol. The van der Waals surface area contributed by atoms with Crippen molar-refractivity contribution in [3.63, 3.8) is 0 Å². The smallest absolute Gasteiger partial charge is 0.255 e. The number of nitrogens with two attached hydrogens (primary N) is 1. The number of carbonyl (C=O) groups excluding carboxylic acids is 1. The first-order chi connectivity index (χ1) is 12.5. The van der Waals surface area contributed by atoms with Crippen LogP contribution >= 0.6 is 11.6 Å². The highest BCUT2D eigenvalue weighted by Gasteiger charge is 2.13. The normalized spacial score (nSPS) is 10.6. The van der Waals surface area contributed by atoms with Gasteiger partial charge in [0, 0.05) is 20.2 Å². The zero-order valence-electron chi connectivity index (χ0n) is 14.9. The maximum absolute atomic E-state index is 10.9. The quantitative estimate of drug-likeness (QED) is 0.664. The SMILES string of the molecule is COCc1ccc(CNCc2cc(Cl)c(OCC(N)=O)c(OC)c2)cc1. The molecule has 3 N–H and O–H groups in total. The molecule has 7 heteroatoms.